The van der Waals surface area contributed by atoms with Crippen LogP contribution < -0.4 is 5.32 Å². The first kappa shape index (κ1) is 19.6. The average Bonchev–Trinajstić information content (AvgIpc) is 2.75. The number of allylic oxidation sites excluding steroid dienone is 4. The smallest absolute Gasteiger partial charge is 0.246 e. The van der Waals surface area contributed by atoms with Crippen LogP contribution in [0, 0.1) is 0 Å². The van der Waals surface area contributed by atoms with Crippen molar-refractivity contribution in [3.05, 3.63) is 66.8 Å². The summed E-state index contributed by atoms with van der Waals surface area (Å²) in [7, 11) is 0. The van der Waals surface area contributed by atoms with Crippen LogP contribution in [0.3, 0.4) is 0 Å². The molecule has 0 saturated carbocycles. The number of benzene rings is 1. The Kier molecular flexibility index (Phi) is 10.0. The fraction of sp³-hybridized carbons (Fsp3) is 0.263. The molecule has 3 nitrogen and oxygen atoms in total. The highest BCUT2D eigenvalue weighted by molar-refractivity contribution is 6.20. The van der Waals surface area contributed by atoms with Crippen molar-refractivity contribution in [3.8, 4) is 0 Å². The van der Waals surface area contributed by atoms with Gasteiger partial charge in [0.15, 0.2) is 0 Å². The maximum Gasteiger partial charge on any atom is 0.246 e. The summed E-state index contributed by atoms with van der Waals surface area (Å²) in [6, 6.07) is 7.59. The van der Waals surface area contributed by atoms with E-state index in [0.29, 0.717) is 0 Å². The topological polar surface area (TPSA) is 41.5 Å². The van der Waals surface area contributed by atoms with Gasteiger partial charge in [-0.1, -0.05) is 77.3 Å². The lowest BCUT2D eigenvalue weighted by atomic mass is 10.0. The van der Waals surface area contributed by atoms with E-state index in [4.69, 9.17) is 0 Å². The molecule has 1 amide bonds. The summed E-state index contributed by atoms with van der Waals surface area (Å²) in [4.78, 5) is 15.9. The number of para-hydroxylation sites is 1. The number of amides is 1. The number of hydrogen-bond acceptors (Lipinski definition) is 2. The van der Waals surface area contributed by atoms with Crippen LogP contribution in [0.4, 0.5) is 5.69 Å². The van der Waals surface area contributed by atoms with E-state index in [9.17, 15) is 4.79 Å². The van der Waals surface area contributed by atoms with Crippen molar-refractivity contribution in [3.63, 3.8) is 0 Å². The number of rotatable bonds is 3. The Balaban J connectivity index is 0.00000102. The predicted molar refractivity (Wildman–Crippen MR) is 97.6 cm³/mol. The number of hydrogen-bond donors (Lipinski definition) is 1. The summed E-state index contributed by atoms with van der Waals surface area (Å²) in [5, 5.41) is 2.83. The number of carbonyl (C=O) groups is 1. The van der Waals surface area contributed by atoms with Crippen molar-refractivity contribution in [2.45, 2.75) is 27.7 Å². The van der Waals surface area contributed by atoms with Crippen molar-refractivity contribution in [1.82, 2.24) is 0 Å². The molecule has 1 aromatic rings. The standard InChI is InChI=1S/C15H14N2O.2C2H6/c1-3-7-11(4-2)15-12-8-5-6-9-13(12)17-14(18)10-16-15;2*1-2/h3-9H,1-2,10H2,(H,17,18);2*1-2H3/b11-7+;;. The molecule has 1 aliphatic rings. The molecule has 2 rings (SSSR count). The van der Waals surface area contributed by atoms with Gasteiger partial charge in [-0.2, -0.15) is 0 Å². The number of aliphatic imine (C=N–C) groups is 1. The summed E-state index contributed by atoms with van der Waals surface area (Å²) in [6.45, 7) is 15.6. The summed E-state index contributed by atoms with van der Waals surface area (Å²) in [5.74, 6) is -0.112. The van der Waals surface area contributed by atoms with E-state index >= 15 is 0 Å². The van der Waals surface area contributed by atoms with Crippen molar-refractivity contribution in [2.24, 2.45) is 4.99 Å². The molecule has 0 spiro atoms. The Morgan fingerprint density at radius 1 is 1.18 bits per heavy atom. The largest absolute Gasteiger partial charge is 0.324 e. The molecule has 1 aromatic carbocycles. The van der Waals surface area contributed by atoms with Gasteiger partial charge in [-0.25, -0.2) is 0 Å². The van der Waals surface area contributed by atoms with Crippen LogP contribution in [-0.4, -0.2) is 18.2 Å². The zero-order valence-corrected chi connectivity index (χ0v) is 14.0. The normalized spacial score (nSPS) is 12.8. The highest BCUT2D eigenvalue weighted by Crippen LogP contribution is 2.22. The van der Waals surface area contributed by atoms with Crippen molar-refractivity contribution in [1.29, 1.82) is 0 Å². The minimum Gasteiger partial charge on any atom is -0.324 e. The Labute approximate surface area is 134 Å². The van der Waals surface area contributed by atoms with Gasteiger partial charge in [-0.15, -0.1) is 0 Å². The molecule has 118 valence electrons. The molecule has 0 unspecified atom stereocenters. The van der Waals surface area contributed by atoms with Crippen LogP contribution in [0.1, 0.15) is 33.3 Å². The molecule has 1 aliphatic heterocycles. The van der Waals surface area contributed by atoms with Crippen LogP contribution >= 0.6 is 0 Å². The maximum atomic E-state index is 11.6. The number of nitrogens with one attached hydrogen (secondary N) is 1. The molecule has 1 heterocycles. The fourth-order valence-corrected chi connectivity index (χ4v) is 1.84. The fourth-order valence-electron chi connectivity index (χ4n) is 1.84. The van der Waals surface area contributed by atoms with E-state index in [2.05, 4.69) is 23.5 Å². The van der Waals surface area contributed by atoms with Gasteiger partial charge in [-0.3, -0.25) is 9.79 Å². The Bertz CT molecular complexity index is 569. The highest BCUT2D eigenvalue weighted by atomic mass is 16.1. The highest BCUT2D eigenvalue weighted by Gasteiger charge is 2.17. The molecule has 22 heavy (non-hydrogen) atoms. The van der Waals surface area contributed by atoms with Crippen LogP contribution in [0.15, 0.2) is 66.2 Å². The third-order valence-corrected chi connectivity index (χ3v) is 2.63. The quantitative estimate of drug-likeness (QED) is 0.802. The lowest BCUT2D eigenvalue weighted by Crippen LogP contribution is -2.13. The van der Waals surface area contributed by atoms with E-state index < -0.39 is 0 Å². The lowest BCUT2D eigenvalue weighted by Gasteiger charge is -2.09. The SMILES string of the molecule is C=C/C=C(\C=C)C1=NCC(=O)Nc2ccccc21.CC.CC. The molecule has 0 bridgehead atoms. The Morgan fingerprint density at radius 3 is 2.41 bits per heavy atom. The van der Waals surface area contributed by atoms with Crippen LogP contribution in [0.25, 0.3) is 0 Å². The van der Waals surface area contributed by atoms with Gasteiger partial charge in [0.25, 0.3) is 0 Å². The molecule has 0 atom stereocenters. The van der Waals surface area contributed by atoms with Gasteiger partial charge in [-0.05, 0) is 11.6 Å². The van der Waals surface area contributed by atoms with Crippen LogP contribution in [0.5, 0.6) is 0 Å². The minimum atomic E-state index is -0.112. The monoisotopic (exact) mass is 298 g/mol. The first-order valence-electron chi connectivity index (χ1n) is 7.65. The van der Waals surface area contributed by atoms with Crippen molar-refractivity contribution in [2.75, 3.05) is 11.9 Å². The zero-order valence-electron chi connectivity index (χ0n) is 14.0. The first-order valence-corrected chi connectivity index (χ1v) is 7.65. The first-order chi connectivity index (χ1) is 10.8. The molecule has 0 aliphatic carbocycles. The zero-order chi connectivity index (χ0) is 17.0. The van der Waals surface area contributed by atoms with Crippen molar-refractivity contribution < 1.29 is 4.79 Å². The number of carbonyl (C=O) groups excluding carboxylic acids is 1. The molecule has 3 heteroatoms. The Hall–Kier alpha value is -2.42. The van der Waals surface area contributed by atoms with E-state index in [1.54, 1.807) is 12.2 Å². The molecule has 0 radical (unpaired) electrons. The second-order valence-electron chi connectivity index (χ2n) is 3.82. The number of benzodiazepines with no additional fused rings is 1. The molecular formula is C19H26N2O. The second-order valence-corrected chi connectivity index (χ2v) is 3.82. The number of nitrogens with zero attached hydrogens (tertiary/aromatic N) is 1. The summed E-state index contributed by atoms with van der Waals surface area (Å²) in [5.41, 5.74) is 3.29. The van der Waals surface area contributed by atoms with E-state index in [1.807, 2.05) is 58.0 Å². The van der Waals surface area contributed by atoms with Gasteiger partial charge >= 0.3 is 0 Å². The summed E-state index contributed by atoms with van der Waals surface area (Å²) >= 11 is 0. The average molecular weight is 298 g/mol. The third kappa shape index (κ3) is 5.17. The lowest BCUT2D eigenvalue weighted by molar-refractivity contribution is -0.114. The molecule has 0 aromatic heterocycles. The third-order valence-electron chi connectivity index (χ3n) is 2.63. The van der Waals surface area contributed by atoms with Gasteiger partial charge in [0, 0.05) is 5.56 Å². The number of fused-ring (bicyclic) bond motifs is 1. The number of anilines is 1. The van der Waals surface area contributed by atoms with E-state index in [0.717, 1.165) is 22.5 Å². The van der Waals surface area contributed by atoms with E-state index in [-0.39, 0.29) is 12.5 Å². The summed E-state index contributed by atoms with van der Waals surface area (Å²) < 4.78 is 0. The van der Waals surface area contributed by atoms with Gasteiger partial charge in [0.1, 0.15) is 6.54 Å². The molecule has 0 saturated heterocycles. The second kappa shape index (κ2) is 11.3. The van der Waals surface area contributed by atoms with Gasteiger partial charge in [0.2, 0.25) is 5.91 Å². The van der Waals surface area contributed by atoms with E-state index in [1.165, 1.54) is 0 Å². The van der Waals surface area contributed by atoms with Gasteiger partial charge in [0.05, 0.1) is 11.4 Å². The molecular weight excluding hydrogens is 272 g/mol. The van der Waals surface area contributed by atoms with Crippen LogP contribution in [-0.2, 0) is 4.79 Å². The van der Waals surface area contributed by atoms with Gasteiger partial charge < -0.3 is 5.32 Å². The Morgan fingerprint density at radius 2 is 1.82 bits per heavy atom. The maximum absolute atomic E-state index is 11.6. The van der Waals surface area contributed by atoms with Crippen molar-refractivity contribution >= 4 is 17.3 Å². The predicted octanol–water partition coefficient (Wildman–Crippen LogP) is 4.78. The minimum absolute atomic E-state index is 0.112. The van der Waals surface area contributed by atoms with Crippen LogP contribution in [0.2, 0.25) is 0 Å². The summed E-state index contributed by atoms with van der Waals surface area (Å²) in [6.07, 6.45) is 5.23. The molecule has 1 N–H and O–H groups in total. The molecule has 0 fully saturated rings.